The van der Waals surface area contributed by atoms with Gasteiger partial charge in [-0.15, -0.1) is 0 Å². The van der Waals surface area contributed by atoms with Crippen LogP contribution in [0.4, 0.5) is 5.69 Å². The zero-order valence-corrected chi connectivity index (χ0v) is 20.3. The smallest absolute Gasteiger partial charge is 0.196 e. The van der Waals surface area contributed by atoms with Crippen molar-refractivity contribution in [2.24, 2.45) is 0 Å². The fraction of sp³-hybridized carbons (Fsp3) is 0.310. The maximum Gasteiger partial charge on any atom is 0.196 e. The molecule has 2 saturated heterocycles. The Morgan fingerprint density at radius 2 is 1.54 bits per heavy atom. The topological polar surface area (TPSA) is 96.8 Å². The molecule has 8 heteroatoms. The molecule has 37 heavy (non-hydrogen) atoms. The van der Waals surface area contributed by atoms with Gasteiger partial charge in [-0.3, -0.25) is 9.59 Å². The van der Waals surface area contributed by atoms with Crippen molar-refractivity contribution in [3.05, 3.63) is 75.0 Å². The molecule has 0 amide bonds. The summed E-state index contributed by atoms with van der Waals surface area (Å²) in [4.78, 5) is 33.2. The molecule has 2 N–H and O–H groups in total. The van der Waals surface area contributed by atoms with Gasteiger partial charge in [-0.1, -0.05) is 36.4 Å². The molecule has 1 spiro atoms. The third kappa shape index (κ3) is 3.71. The Hall–Kier alpha value is -3.72. The Balaban J connectivity index is 1.30. The van der Waals surface area contributed by atoms with Crippen molar-refractivity contribution in [3.63, 3.8) is 0 Å². The minimum absolute atomic E-state index is 0.161. The van der Waals surface area contributed by atoms with E-state index in [9.17, 15) is 9.59 Å². The summed E-state index contributed by atoms with van der Waals surface area (Å²) in [5.74, 6) is -0.400. The van der Waals surface area contributed by atoms with Crippen molar-refractivity contribution in [2.45, 2.75) is 18.6 Å². The first-order valence-corrected chi connectivity index (χ1v) is 12.8. The minimum atomic E-state index is -0.400. The first kappa shape index (κ1) is 22.5. The number of hydrogen-bond acceptors (Lipinski definition) is 7. The second-order valence-electron chi connectivity index (χ2n) is 9.85. The SMILES string of the molecule is O=c1c2ccccc2c(=O)c2c1c(NCCN1CCC3(CC1)OCCO3)cc1oc3ccccc3[nH]c12. The lowest BCUT2D eigenvalue weighted by atomic mass is 9.99. The summed E-state index contributed by atoms with van der Waals surface area (Å²) in [6.07, 6.45) is 1.70. The summed E-state index contributed by atoms with van der Waals surface area (Å²) < 4.78 is 17.9. The predicted octanol–water partition coefficient (Wildman–Crippen LogP) is 4.19. The number of H-pyrrole nitrogens is 1. The van der Waals surface area contributed by atoms with Gasteiger partial charge in [-0.25, -0.2) is 0 Å². The number of piperidine rings is 1. The predicted molar refractivity (Wildman–Crippen MR) is 144 cm³/mol. The van der Waals surface area contributed by atoms with Crippen LogP contribution in [0.25, 0.3) is 43.7 Å². The average molecular weight is 498 g/mol. The average Bonchev–Trinajstić information content (AvgIpc) is 3.39. The van der Waals surface area contributed by atoms with Crippen molar-refractivity contribution in [3.8, 4) is 0 Å². The summed E-state index contributed by atoms with van der Waals surface area (Å²) in [7, 11) is 0. The Morgan fingerprint density at radius 3 is 2.30 bits per heavy atom. The molecule has 0 bridgehead atoms. The van der Waals surface area contributed by atoms with Crippen LogP contribution in [0.1, 0.15) is 12.8 Å². The number of benzene rings is 4. The van der Waals surface area contributed by atoms with Gasteiger partial charge in [0.1, 0.15) is 0 Å². The molecule has 2 aliphatic rings. The zero-order chi connectivity index (χ0) is 25.0. The second-order valence-corrected chi connectivity index (χ2v) is 9.85. The summed E-state index contributed by atoms with van der Waals surface area (Å²) in [5, 5.41) is 5.04. The normalized spacial score (nSPS) is 17.9. The number of aromatic nitrogens is 1. The second kappa shape index (κ2) is 8.69. The number of aromatic amines is 1. The summed E-state index contributed by atoms with van der Waals surface area (Å²) in [6.45, 7) is 4.53. The van der Waals surface area contributed by atoms with Crippen LogP contribution in [-0.2, 0) is 9.47 Å². The molecule has 188 valence electrons. The monoisotopic (exact) mass is 497 g/mol. The van der Waals surface area contributed by atoms with E-state index in [2.05, 4.69) is 15.2 Å². The van der Waals surface area contributed by atoms with Gasteiger partial charge in [0, 0.05) is 55.9 Å². The van der Waals surface area contributed by atoms with E-state index in [1.165, 1.54) is 0 Å². The van der Waals surface area contributed by atoms with Gasteiger partial charge in [-0.2, -0.15) is 0 Å². The van der Waals surface area contributed by atoms with Gasteiger partial charge >= 0.3 is 0 Å². The van der Waals surface area contributed by atoms with E-state index < -0.39 is 5.79 Å². The number of fused-ring (bicyclic) bond motifs is 5. The van der Waals surface area contributed by atoms with Crippen LogP contribution >= 0.6 is 0 Å². The molecule has 4 aromatic carbocycles. The number of anilines is 1. The van der Waals surface area contributed by atoms with E-state index in [4.69, 9.17) is 13.9 Å². The van der Waals surface area contributed by atoms with E-state index in [1.807, 2.05) is 30.3 Å². The van der Waals surface area contributed by atoms with Crippen LogP contribution in [0.15, 0.2) is 68.6 Å². The highest BCUT2D eigenvalue weighted by Gasteiger charge is 2.39. The maximum atomic E-state index is 13.7. The highest BCUT2D eigenvalue weighted by atomic mass is 16.7. The van der Waals surface area contributed by atoms with E-state index in [-0.39, 0.29) is 10.9 Å². The number of para-hydroxylation sites is 2. The molecule has 2 fully saturated rings. The van der Waals surface area contributed by atoms with Gasteiger partial charge in [0.05, 0.1) is 40.7 Å². The molecule has 1 aromatic heterocycles. The number of rotatable bonds is 4. The quantitative estimate of drug-likeness (QED) is 0.284. The van der Waals surface area contributed by atoms with E-state index >= 15 is 0 Å². The van der Waals surface area contributed by atoms with Crippen LogP contribution in [-0.4, -0.2) is 55.1 Å². The molecule has 0 aliphatic carbocycles. The molecule has 2 aliphatic heterocycles. The van der Waals surface area contributed by atoms with Crippen LogP contribution < -0.4 is 16.2 Å². The fourth-order valence-corrected chi connectivity index (χ4v) is 5.78. The van der Waals surface area contributed by atoms with Gasteiger partial charge < -0.3 is 29.1 Å². The highest BCUT2D eigenvalue weighted by molar-refractivity contribution is 6.14. The van der Waals surface area contributed by atoms with Crippen LogP contribution in [0.5, 0.6) is 0 Å². The van der Waals surface area contributed by atoms with Gasteiger partial charge in [0.15, 0.2) is 27.8 Å². The first-order valence-electron chi connectivity index (χ1n) is 12.8. The third-order valence-corrected chi connectivity index (χ3v) is 7.70. The largest absolute Gasteiger partial charge is 0.453 e. The number of nitrogens with zero attached hydrogens (tertiary/aromatic N) is 1. The fourth-order valence-electron chi connectivity index (χ4n) is 5.78. The van der Waals surface area contributed by atoms with E-state index in [1.54, 1.807) is 24.3 Å². The number of hydrogen-bond donors (Lipinski definition) is 2. The zero-order valence-electron chi connectivity index (χ0n) is 20.3. The summed E-state index contributed by atoms with van der Waals surface area (Å²) in [6, 6.07) is 16.4. The Morgan fingerprint density at radius 1 is 0.865 bits per heavy atom. The number of ether oxygens (including phenoxy) is 2. The first-order chi connectivity index (χ1) is 18.1. The van der Waals surface area contributed by atoms with Crippen molar-refractivity contribution < 1.29 is 13.9 Å². The molecule has 0 saturated carbocycles. The van der Waals surface area contributed by atoms with Gasteiger partial charge in [-0.05, 0) is 12.1 Å². The molecule has 0 unspecified atom stereocenters. The van der Waals surface area contributed by atoms with E-state index in [0.717, 1.165) is 38.0 Å². The molecular formula is C29H27N3O5. The molecule has 0 radical (unpaired) electrons. The Bertz CT molecular complexity index is 1770. The molecule has 7 rings (SSSR count). The Kier molecular flexibility index (Phi) is 5.28. The van der Waals surface area contributed by atoms with Gasteiger partial charge in [0.25, 0.3) is 0 Å². The van der Waals surface area contributed by atoms with Crippen molar-refractivity contribution >= 4 is 49.4 Å². The van der Waals surface area contributed by atoms with E-state index in [0.29, 0.717) is 63.7 Å². The van der Waals surface area contributed by atoms with Crippen LogP contribution in [0.3, 0.4) is 0 Å². The molecule has 0 atom stereocenters. The Labute approximate surface area is 211 Å². The summed E-state index contributed by atoms with van der Waals surface area (Å²) >= 11 is 0. The van der Waals surface area contributed by atoms with Crippen LogP contribution in [0, 0.1) is 0 Å². The standard InChI is InChI=1S/C29H27N3O5/c33-27-18-5-1-2-6-19(18)28(34)25-24(27)21(17-23-26(25)31-20-7-3-4-8-22(20)37-23)30-11-14-32-12-9-29(10-13-32)35-15-16-36-29/h1-8,17,30-31H,9-16H2. The highest BCUT2D eigenvalue weighted by Crippen LogP contribution is 2.32. The minimum Gasteiger partial charge on any atom is -0.453 e. The van der Waals surface area contributed by atoms with Crippen LogP contribution in [0.2, 0.25) is 0 Å². The lowest BCUT2D eigenvalue weighted by molar-refractivity contribution is -0.184. The van der Waals surface area contributed by atoms with Gasteiger partial charge in [0.2, 0.25) is 0 Å². The number of likely N-dealkylation sites (tertiary alicyclic amines) is 1. The lowest BCUT2D eigenvalue weighted by Gasteiger charge is -2.37. The molecule has 8 nitrogen and oxygen atoms in total. The lowest BCUT2D eigenvalue weighted by Crippen LogP contribution is -2.46. The van der Waals surface area contributed by atoms with Crippen molar-refractivity contribution in [2.75, 3.05) is 44.7 Å². The molecule has 5 aromatic rings. The third-order valence-electron chi connectivity index (χ3n) is 7.70. The summed E-state index contributed by atoms with van der Waals surface area (Å²) in [5.41, 5.74) is 2.76. The van der Waals surface area contributed by atoms with Crippen molar-refractivity contribution in [1.29, 1.82) is 0 Å². The maximum absolute atomic E-state index is 13.7. The molecular weight excluding hydrogens is 470 g/mol. The number of nitrogens with one attached hydrogen (secondary N) is 2. The van der Waals surface area contributed by atoms with Crippen molar-refractivity contribution in [1.82, 2.24) is 9.88 Å². The molecule has 3 heterocycles.